The van der Waals surface area contributed by atoms with Crippen LogP contribution in [0.3, 0.4) is 0 Å². The van der Waals surface area contributed by atoms with E-state index in [1.165, 1.54) is 37.8 Å². The molecule has 0 atom stereocenters. The van der Waals surface area contributed by atoms with E-state index >= 15 is 0 Å². The minimum absolute atomic E-state index is 0.350. The number of nitrogen functional groups attached to an aromatic ring is 1. The molecule has 0 bridgehead atoms. The highest BCUT2D eigenvalue weighted by Gasteiger charge is 2.21. The second kappa shape index (κ2) is 5.79. The first-order valence-corrected chi connectivity index (χ1v) is 7.45. The number of halogens is 1. The number of hydrogen-bond acceptors (Lipinski definition) is 4. The smallest absolute Gasteiger partial charge is 0.185 e. The summed E-state index contributed by atoms with van der Waals surface area (Å²) in [5.74, 6) is 1.48. The molecule has 21 heavy (non-hydrogen) atoms. The first-order chi connectivity index (χ1) is 10.1. The molecule has 0 saturated heterocycles. The number of nitrogens with two attached hydrogens (primary N) is 1. The van der Waals surface area contributed by atoms with Gasteiger partial charge in [-0.05, 0) is 53.3 Å². The number of benzene rings is 1. The van der Waals surface area contributed by atoms with Crippen LogP contribution in [0.1, 0.15) is 32.6 Å². The molecule has 0 amide bonds. The van der Waals surface area contributed by atoms with E-state index in [1.54, 1.807) is 10.7 Å². The van der Waals surface area contributed by atoms with Crippen LogP contribution in [-0.4, -0.2) is 20.2 Å². The van der Waals surface area contributed by atoms with Crippen LogP contribution >= 0.6 is 0 Å². The maximum absolute atomic E-state index is 14.0. The molecular weight excluding hydrogens is 269 g/mol. The van der Waals surface area contributed by atoms with Crippen LogP contribution in [0.5, 0.6) is 0 Å². The Morgan fingerprint density at radius 3 is 2.81 bits per heavy atom. The number of nitrogens with zero attached hydrogens (tertiary/aromatic N) is 4. The van der Waals surface area contributed by atoms with Crippen LogP contribution in [0.2, 0.25) is 0 Å². The quantitative estimate of drug-likeness (QED) is 0.882. The zero-order valence-corrected chi connectivity index (χ0v) is 12.2. The highest BCUT2D eigenvalue weighted by molar-refractivity contribution is 5.61. The average Bonchev–Trinajstić information content (AvgIpc) is 2.92. The van der Waals surface area contributed by atoms with E-state index in [1.807, 2.05) is 0 Å². The summed E-state index contributed by atoms with van der Waals surface area (Å²) >= 11 is 0. The second-order valence-corrected chi connectivity index (χ2v) is 6.05. The van der Waals surface area contributed by atoms with E-state index in [0.29, 0.717) is 23.0 Å². The highest BCUT2D eigenvalue weighted by Crippen LogP contribution is 2.30. The molecule has 1 aromatic carbocycles. The van der Waals surface area contributed by atoms with Gasteiger partial charge in [0.05, 0.1) is 5.56 Å². The van der Waals surface area contributed by atoms with Gasteiger partial charge in [0.15, 0.2) is 5.82 Å². The fourth-order valence-corrected chi connectivity index (χ4v) is 2.99. The van der Waals surface area contributed by atoms with Crippen LogP contribution in [0.4, 0.5) is 10.1 Å². The summed E-state index contributed by atoms with van der Waals surface area (Å²) in [4.78, 5) is 0. The minimum atomic E-state index is -0.350. The van der Waals surface area contributed by atoms with E-state index in [9.17, 15) is 4.39 Å². The van der Waals surface area contributed by atoms with Crippen molar-refractivity contribution in [1.82, 2.24) is 20.2 Å². The summed E-state index contributed by atoms with van der Waals surface area (Å²) < 4.78 is 15.7. The van der Waals surface area contributed by atoms with Crippen molar-refractivity contribution in [2.75, 3.05) is 5.73 Å². The van der Waals surface area contributed by atoms with Crippen LogP contribution in [0.15, 0.2) is 18.2 Å². The molecule has 3 rings (SSSR count). The second-order valence-electron chi connectivity index (χ2n) is 6.05. The lowest BCUT2D eigenvalue weighted by Gasteiger charge is -2.26. The highest BCUT2D eigenvalue weighted by atomic mass is 19.1. The molecule has 1 heterocycles. The third kappa shape index (κ3) is 3.04. The van der Waals surface area contributed by atoms with Crippen molar-refractivity contribution in [3.8, 4) is 11.4 Å². The Morgan fingerprint density at radius 2 is 2.05 bits per heavy atom. The van der Waals surface area contributed by atoms with Gasteiger partial charge in [0.1, 0.15) is 5.82 Å². The van der Waals surface area contributed by atoms with Crippen molar-refractivity contribution in [2.45, 2.75) is 39.2 Å². The Hall–Kier alpha value is -1.98. The molecule has 1 aliphatic carbocycles. The number of rotatable bonds is 3. The topological polar surface area (TPSA) is 69.6 Å². The lowest BCUT2D eigenvalue weighted by atomic mass is 9.83. The van der Waals surface area contributed by atoms with Crippen LogP contribution in [-0.2, 0) is 6.54 Å². The largest absolute Gasteiger partial charge is 0.399 e. The number of hydrogen-bond donors (Lipinski definition) is 1. The molecule has 1 saturated carbocycles. The normalized spacial score (nSPS) is 22.4. The number of tetrazole rings is 1. The molecule has 0 unspecified atom stereocenters. The lowest BCUT2D eigenvalue weighted by Crippen LogP contribution is -2.19. The lowest BCUT2D eigenvalue weighted by molar-refractivity contribution is 0.257. The number of aromatic nitrogens is 4. The molecule has 0 radical (unpaired) electrons. The fraction of sp³-hybridized carbons (Fsp3) is 0.533. The predicted octanol–water partition coefficient (Wildman–Crippen LogP) is 2.89. The van der Waals surface area contributed by atoms with E-state index in [2.05, 4.69) is 22.4 Å². The third-order valence-corrected chi connectivity index (χ3v) is 4.33. The maximum Gasteiger partial charge on any atom is 0.185 e. The monoisotopic (exact) mass is 289 g/mol. The Kier molecular flexibility index (Phi) is 3.86. The van der Waals surface area contributed by atoms with Gasteiger partial charge in [0, 0.05) is 12.2 Å². The van der Waals surface area contributed by atoms with E-state index in [0.717, 1.165) is 12.5 Å². The average molecular weight is 289 g/mol. The van der Waals surface area contributed by atoms with Crippen molar-refractivity contribution in [3.63, 3.8) is 0 Å². The third-order valence-electron chi connectivity index (χ3n) is 4.33. The van der Waals surface area contributed by atoms with Gasteiger partial charge < -0.3 is 5.73 Å². The van der Waals surface area contributed by atoms with Gasteiger partial charge in [-0.1, -0.05) is 19.8 Å². The SMILES string of the molecule is CC1CCC(Cn2nnnc2-c2cc(N)ccc2F)CC1. The zero-order valence-electron chi connectivity index (χ0n) is 12.2. The van der Waals surface area contributed by atoms with Crippen LogP contribution < -0.4 is 5.73 Å². The van der Waals surface area contributed by atoms with Crippen LogP contribution in [0, 0.1) is 17.7 Å². The minimum Gasteiger partial charge on any atom is -0.399 e. The van der Waals surface area contributed by atoms with Gasteiger partial charge >= 0.3 is 0 Å². The Morgan fingerprint density at radius 1 is 1.29 bits per heavy atom. The van der Waals surface area contributed by atoms with E-state index in [4.69, 9.17) is 5.73 Å². The molecule has 2 N–H and O–H groups in total. The molecule has 2 aromatic rings. The standard InChI is InChI=1S/C15H20FN5/c1-10-2-4-11(5-3-10)9-21-15(18-19-20-21)13-8-12(17)6-7-14(13)16/h6-8,10-11H,2-5,9,17H2,1H3. The van der Waals surface area contributed by atoms with Gasteiger partial charge in [-0.3, -0.25) is 0 Å². The summed E-state index contributed by atoms with van der Waals surface area (Å²) in [6.45, 7) is 3.03. The number of anilines is 1. The molecule has 1 fully saturated rings. The maximum atomic E-state index is 14.0. The van der Waals surface area contributed by atoms with Gasteiger partial charge in [-0.2, -0.15) is 0 Å². The molecule has 5 nitrogen and oxygen atoms in total. The first kappa shape index (κ1) is 14.0. The molecule has 112 valence electrons. The van der Waals surface area contributed by atoms with Crippen molar-refractivity contribution in [3.05, 3.63) is 24.0 Å². The molecular formula is C15H20FN5. The Bertz CT molecular complexity index is 616. The van der Waals surface area contributed by atoms with Crippen LogP contribution in [0.25, 0.3) is 11.4 Å². The van der Waals surface area contributed by atoms with Gasteiger partial charge in [0.25, 0.3) is 0 Å². The fourth-order valence-electron chi connectivity index (χ4n) is 2.99. The Labute approximate surface area is 123 Å². The van der Waals surface area contributed by atoms with Crippen molar-refractivity contribution < 1.29 is 4.39 Å². The zero-order chi connectivity index (χ0) is 14.8. The van der Waals surface area contributed by atoms with Gasteiger partial charge in [-0.15, -0.1) is 5.10 Å². The molecule has 1 aliphatic rings. The first-order valence-electron chi connectivity index (χ1n) is 7.45. The summed E-state index contributed by atoms with van der Waals surface area (Å²) in [6, 6.07) is 4.47. The summed E-state index contributed by atoms with van der Waals surface area (Å²) in [7, 11) is 0. The van der Waals surface area contributed by atoms with Gasteiger partial charge in [-0.25, -0.2) is 9.07 Å². The molecule has 0 spiro atoms. The Balaban J connectivity index is 1.82. The summed E-state index contributed by atoms with van der Waals surface area (Å²) in [5.41, 5.74) is 6.61. The van der Waals surface area contributed by atoms with E-state index in [-0.39, 0.29) is 5.82 Å². The molecule has 0 aliphatic heterocycles. The molecule has 6 heteroatoms. The summed E-state index contributed by atoms with van der Waals surface area (Å²) in [6.07, 6.45) is 4.85. The summed E-state index contributed by atoms with van der Waals surface area (Å²) in [5, 5.41) is 11.7. The predicted molar refractivity (Wildman–Crippen MR) is 78.7 cm³/mol. The van der Waals surface area contributed by atoms with Crippen molar-refractivity contribution >= 4 is 5.69 Å². The van der Waals surface area contributed by atoms with Gasteiger partial charge in [0.2, 0.25) is 0 Å². The molecule has 1 aromatic heterocycles. The van der Waals surface area contributed by atoms with E-state index < -0.39 is 0 Å². The van der Waals surface area contributed by atoms with Crippen molar-refractivity contribution in [1.29, 1.82) is 0 Å². The van der Waals surface area contributed by atoms with Crippen molar-refractivity contribution in [2.24, 2.45) is 11.8 Å².